The molecule has 2 nitrogen and oxygen atoms in total. The number of rotatable bonds is 2. The summed E-state index contributed by atoms with van der Waals surface area (Å²) in [4.78, 5) is 3.46. The molecule has 0 amide bonds. The van der Waals surface area contributed by atoms with Gasteiger partial charge in [0.2, 0.25) is 0 Å². The number of aromatic nitrogens is 1. The standard InChI is InChI=1S/C9H11F3N2/c1-2-6(13)7-4-3-5-8(14-7)9(10,11)12/h3-6H,2,13H2,1H3. The fourth-order valence-electron chi connectivity index (χ4n) is 1.02. The average Bonchev–Trinajstić information content (AvgIpc) is 2.15. The van der Waals surface area contributed by atoms with Crippen LogP contribution in [0.1, 0.15) is 30.8 Å². The van der Waals surface area contributed by atoms with Crippen molar-refractivity contribution in [1.29, 1.82) is 0 Å². The molecule has 0 aliphatic rings. The van der Waals surface area contributed by atoms with Gasteiger partial charge in [-0.3, -0.25) is 0 Å². The van der Waals surface area contributed by atoms with Crippen LogP contribution in [0, 0.1) is 0 Å². The van der Waals surface area contributed by atoms with Gasteiger partial charge in [0.05, 0.1) is 5.69 Å². The van der Waals surface area contributed by atoms with Crippen LogP contribution in [0.3, 0.4) is 0 Å². The van der Waals surface area contributed by atoms with E-state index in [1.807, 2.05) is 0 Å². The molecule has 1 rings (SSSR count). The van der Waals surface area contributed by atoms with Gasteiger partial charge in [0.25, 0.3) is 0 Å². The molecule has 0 bridgehead atoms. The molecule has 14 heavy (non-hydrogen) atoms. The molecule has 0 radical (unpaired) electrons. The third kappa shape index (κ3) is 2.45. The minimum atomic E-state index is -4.40. The highest BCUT2D eigenvalue weighted by molar-refractivity contribution is 5.15. The van der Waals surface area contributed by atoms with Gasteiger partial charge in [-0.05, 0) is 18.6 Å². The Balaban J connectivity index is 3.01. The monoisotopic (exact) mass is 204 g/mol. The van der Waals surface area contributed by atoms with E-state index in [0.717, 1.165) is 6.07 Å². The zero-order chi connectivity index (χ0) is 10.8. The van der Waals surface area contributed by atoms with Gasteiger partial charge in [-0.2, -0.15) is 13.2 Å². The SMILES string of the molecule is CCC(N)c1cccc(C(F)(F)F)n1. The lowest BCUT2D eigenvalue weighted by Crippen LogP contribution is -2.15. The van der Waals surface area contributed by atoms with Crippen molar-refractivity contribution in [1.82, 2.24) is 4.98 Å². The molecule has 0 aliphatic carbocycles. The van der Waals surface area contributed by atoms with Crippen LogP contribution in [-0.4, -0.2) is 4.98 Å². The number of pyridine rings is 1. The summed E-state index contributed by atoms with van der Waals surface area (Å²) in [6.07, 6.45) is -3.84. The van der Waals surface area contributed by atoms with Crippen molar-refractivity contribution in [2.24, 2.45) is 5.73 Å². The molecule has 0 aromatic carbocycles. The zero-order valence-electron chi connectivity index (χ0n) is 7.67. The highest BCUT2D eigenvalue weighted by Crippen LogP contribution is 2.28. The first-order valence-corrected chi connectivity index (χ1v) is 4.25. The van der Waals surface area contributed by atoms with Gasteiger partial charge in [-0.15, -0.1) is 0 Å². The van der Waals surface area contributed by atoms with Gasteiger partial charge >= 0.3 is 6.18 Å². The average molecular weight is 204 g/mol. The van der Waals surface area contributed by atoms with Crippen molar-refractivity contribution in [2.75, 3.05) is 0 Å². The fraction of sp³-hybridized carbons (Fsp3) is 0.444. The molecule has 5 heteroatoms. The largest absolute Gasteiger partial charge is 0.433 e. The summed E-state index contributed by atoms with van der Waals surface area (Å²) in [7, 11) is 0. The molecule has 1 aromatic rings. The summed E-state index contributed by atoms with van der Waals surface area (Å²) in [5, 5.41) is 0. The Hall–Kier alpha value is -1.10. The Morgan fingerprint density at radius 1 is 1.43 bits per heavy atom. The molecule has 0 fully saturated rings. The number of alkyl halides is 3. The molecule has 1 unspecified atom stereocenters. The molecular weight excluding hydrogens is 193 g/mol. The van der Waals surface area contributed by atoms with Crippen LogP contribution < -0.4 is 5.73 Å². The second kappa shape index (κ2) is 3.96. The number of hydrogen-bond donors (Lipinski definition) is 1. The number of hydrogen-bond acceptors (Lipinski definition) is 2. The Labute approximate surface area is 79.9 Å². The first-order chi connectivity index (χ1) is 6.45. The molecule has 0 saturated carbocycles. The topological polar surface area (TPSA) is 38.9 Å². The van der Waals surface area contributed by atoms with Crippen molar-refractivity contribution in [3.8, 4) is 0 Å². The molecule has 0 saturated heterocycles. The lowest BCUT2D eigenvalue weighted by atomic mass is 10.1. The quantitative estimate of drug-likeness (QED) is 0.803. The third-order valence-corrected chi connectivity index (χ3v) is 1.88. The third-order valence-electron chi connectivity index (χ3n) is 1.88. The van der Waals surface area contributed by atoms with Crippen molar-refractivity contribution >= 4 is 0 Å². The van der Waals surface area contributed by atoms with Gasteiger partial charge in [0.1, 0.15) is 5.69 Å². The van der Waals surface area contributed by atoms with Gasteiger partial charge in [-0.1, -0.05) is 13.0 Å². The summed E-state index contributed by atoms with van der Waals surface area (Å²) in [5.41, 5.74) is 4.97. The molecular formula is C9H11F3N2. The summed E-state index contributed by atoms with van der Waals surface area (Å²) in [6, 6.07) is 3.33. The van der Waals surface area contributed by atoms with Crippen LogP contribution >= 0.6 is 0 Å². The second-order valence-corrected chi connectivity index (χ2v) is 2.96. The lowest BCUT2D eigenvalue weighted by Gasteiger charge is -2.11. The maximum absolute atomic E-state index is 12.2. The number of halogens is 3. The van der Waals surface area contributed by atoms with Crippen molar-refractivity contribution in [3.05, 3.63) is 29.6 Å². The van der Waals surface area contributed by atoms with Crippen molar-refractivity contribution < 1.29 is 13.2 Å². The molecule has 2 N–H and O–H groups in total. The van der Waals surface area contributed by atoms with E-state index in [1.54, 1.807) is 6.92 Å². The van der Waals surface area contributed by atoms with E-state index < -0.39 is 17.9 Å². The van der Waals surface area contributed by atoms with Gasteiger partial charge in [-0.25, -0.2) is 4.98 Å². The second-order valence-electron chi connectivity index (χ2n) is 2.96. The lowest BCUT2D eigenvalue weighted by molar-refractivity contribution is -0.141. The van der Waals surface area contributed by atoms with Crippen LogP contribution in [-0.2, 0) is 6.18 Å². The number of nitrogens with zero attached hydrogens (tertiary/aromatic N) is 1. The summed E-state index contributed by atoms with van der Waals surface area (Å²) >= 11 is 0. The predicted molar refractivity (Wildman–Crippen MR) is 46.5 cm³/mol. The van der Waals surface area contributed by atoms with Crippen LogP contribution in [0.5, 0.6) is 0 Å². The Morgan fingerprint density at radius 3 is 2.57 bits per heavy atom. The zero-order valence-corrected chi connectivity index (χ0v) is 7.67. The van der Waals surface area contributed by atoms with Crippen LogP contribution in [0.4, 0.5) is 13.2 Å². The van der Waals surface area contributed by atoms with E-state index in [0.29, 0.717) is 6.42 Å². The van der Waals surface area contributed by atoms with Gasteiger partial charge in [0.15, 0.2) is 0 Å². The van der Waals surface area contributed by atoms with Gasteiger partial charge < -0.3 is 5.73 Å². The van der Waals surface area contributed by atoms with E-state index in [9.17, 15) is 13.2 Å². The van der Waals surface area contributed by atoms with Crippen molar-refractivity contribution in [2.45, 2.75) is 25.6 Å². The van der Waals surface area contributed by atoms with Crippen LogP contribution in [0.15, 0.2) is 18.2 Å². The summed E-state index contributed by atoms with van der Waals surface area (Å²) in [5.74, 6) is 0. The molecule has 0 aliphatic heterocycles. The molecule has 78 valence electrons. The Bertz CT molecular complexity index is 309. The Kier molecular flexibility index (Phi) is 3.10. The first kappa shape index (κ1) is 11.0. The fourth-order valence-corrected chi connectivity index (χ4v) is 1.02. The maximum Gasteiger partial charge on any atom is 0.433 e. The normalized spacial score (nSPS) is 14.1. The minimum Gasteiger partial charge on any atom is -0.323 e. The highest BCUT2D eigenvalue weighted by Gasteiger charge is 2.32. The van der Waals surface area contributed by atoms with E-state index in [4.69, 9.17) is 5.73 Å². The van der Waals surface area contributed by atoms with Crippen molar-refractivity contribution in [3.63, 3.8) is 0 Å². The predicted octanol–water partition coefficient (Wildman–Crippen LogP) is 2.51. The smallest absolute Gasteiger partial charge is 0.323 e. The van der Waals surface area contributed by atoms with Crippen LogP contribution in [0.2, 0.25) is 0 Å². The van der Waals surface area contributed by atoms with E-state index >= 15 is 0 Å². The highest BCUT2D eigenvalue weighted by atomic mass is 19.4. The summed E-state index contributed by atoms with van der Waals surface area (Å²) < 4.78 is 36.7. The summed E-state index contributed by atoms with van der Waals surface area (Å²) in [6.45, 7) is 1.80. The molecule has 1 atom stereocenters. The molecule has 1 aromatic heterocycles. The van der Waals surface area contributed by atoms with Gasteiger partial charge in [0, 0.05) is 6.04 Å². The number of nitrogens with two attached hydrogens (primary N) is 1. The minimum absolute atomic E-state index is 0.280. The van der Waals surface area contributed by atoms with E-state index in [-0.39, 0.29) is 5.69 Å². The molecule has 1 heterocycles. The van der Waals surface area contributed by atoms with E-state index in [2.05, 4.69) is 4.98 Å². The first-order valence-electron chi connectivity index (χ1n) is 4.25. The van der Waals surface area contributed by atoms with E-state index in [1.165, 1.54) is 12.1 Å². The molecule has 0 spiro atoms. The maximum atomic E-state index is 12.2. The Morgan fingerprint density at radius 2 is 2.07 bits per heavy atom. The van der Waals surface area contributed by atoms with Crippen LogP contribution in [0.25, 0.3) is 0 Å².